The van der Waals surface area contributed by atoms with Crippen LogP contribution in [0.5, 0.6) is 0 Å². The Bertz CT molecular complexity index is 557. The van der Waals surface area contributed by atoms with Gasteiger partial charge in [-0.25, -0.2) is 0 Å². The number of hydrogen-bond donors (Lipinski definition) is 1. The van der Waals surface area contributed by atoms with Gasteiger partial charge < -0.3 is 9.67 Å². The van der Waals surface area contributed by atoms with Crippen LogP contribution in [0.25, 0.3) is 10.9 Å². The van der Waals surface area contributed by atoms with Gasteiger partial charge in [0.05, 0.1) is 5.56 Å². The Kier molecular flexibility index (Phi) is 3.34. The van der Waals surface area contributed by atoms with Gasteiger partial charge in [0.1, 0.15) is 0 Å². The molecular weight excluding hydrogens is 243 g/mol. The van der Waals surface area contributed by atoms with Crippen LogP contribution in [0.1, 0.15) is 18.2 Å². The van der Waals surface area contributed by atoms with Crippen LogP contribution in [-0.2, 0) is 19.1 Å². The van der Waals surface area contributed by atoms with Crippen molar-refractivity contribution in [1.82, 2.24) is 4.57 Å². The Labute approximate surface area is 103 Å². The predicted octanol–water partition coefficient (Wildman–Crippen LogP) is 3.21. The smallest absolute Gasteiger partial charge is 0.396 e. The molecule has 0 saturated heterocycles. The minimum atomic E-state index is -4.35. The average Bonchev–Trinajstić information content (AvgIpc) is 2.65. The maximum atomic E-state index is 12.9. The predicted molar refractivity (Wildman–Crippen MR) is 63.4 cm³/mol. The Morgan fingerprint density at radius 1 is 1.28 bits per heavy atom. The molecule has 0 fully saturated rings. The minimum Gasteiger partial charge on any atom is -0.396 e. The van der Waals surface area contributed by atoms with Crippen molar-refractivity contribution in [2.24, 2.45) is 0 Å². The number of fused-ring (bicyclic) bond motifs is 1. The van der Waals surface area contributed by atoms with E-state index in [0.29, 0.717) is 18.5 Å². The van der Waals surface area contributed by atoms with Gasteiger partial charge in [0.15, 0.2) is 0 Å². The number of aryl methyl sites for hydroxylation is 1. The minimum absolute atomic E-state index is 0.0718. The molecule has 0 aliphatic rings. The van der Waals surface area contributed by atoms with Gasteiger partial charge in [0, 0.05) is 36.2 Å². The molecule has 0 bridgehead atoms. The van der Waals surface area contributed by atoms with Gasteiger partial charge in [0.25, 0.3) is 0 Å². The summed E-state index contributed by atoms with van der Waals surface area (Å²) in [5.74, 6) is 0. The Balaban J connectivity index is 2.71. The summed E-state index contributed by atoms with van der Waals surface area (Å²) in [6.07, 6.45) is -3.99. The van der Waals surface area contributed by atoms with E-state index in [0.717, 1.165) is 11.8 Å². The Morgan fingerprint density at radius 2 is 2.00 bits per heavy atom. The number of halogens is 3. The van der Waals surface area contributed by atoms with Gasteiger partial charge in [-0.15, -0.1) is 0 Å². The van der Waals surface area contributed by atoms with Crippen molar-refractivity contribution in [3.05, 3.63) is 35.5 Å². The van der Waals surface area contributed by atoms with E-state index in [9.17, 15) is 13.2 Å². The Hall–Kier alpha value is -1.49. The molecule has 2 rings (SSSR count). The lowest BCUT2D eigenvalue weighted by Crippen LogP contribution is -2.05. The summed E-state index contributed by atoms with van der Waals surface area (Å²) in [4.78, 5) is 0. The molecule has 0 amide bonds. The molecule has 0 aliphatic heterocycles. The molecule has 18 heavy (non-hydrogen) atoms. The van der Waals surface area contributed by atoms with Crippen molar-refractivity contribution < 1.29 is 18.3 Å². The van der Waals surface area contributed by atoms with Crippen LogP contribution in [0.2, 0.25) is 0 Å². The number of rotatable bonds is 3. The number of hydrogen-bond acceptors (Lipinski definition) is 1. The molecule has 0 unspecified atom stereocenters. The summed E-state index contributed by atoms with van der Waals surface area (Å²) in [6, 6.07) is 5.71. The molecular formula is C13H14F3NO. The third-order valence-corrected chi connectivity index (χ3v) is 3.02. The summed E-state index contributed by atoms with van der Waals surface area (Å²) < 4.78 is 40.5. The lowest BCUT2D eigenvalue weighted by atomic mass is 10.1. The highest BCUT2D eigenvalue weighted by molar-refractivity contribution is 5.85. The average molecular weight is 257 g/mol. The first-order valence-electron chi connectivity index (χ1n) is 5.78. The third-order valence-electron chi connectivity index (χ3n) is 3.02. The van der Waals surface area contributed by atoms with Gasteiger partial charge in [0.2, 0.25) is 0 Å². The quantitative estimate of drug-likeness (QED) is 0.897. The molecule has 0 radical (unpaired) electrons. The van der Waals surface area contributed by atoms with Gasteiger partial charge >= 0.3 is 6.18 Å². The summed E-state index contributed by atoms with van der Waals surface area (Å²) >= 11 is 0. The second-order valence-electron chi connectivity index (χ2n) is 4.09. The molecule has 98 valence electrons. The van der Waals surface area contributed by atoms with Crippen LogP contribution in [0.3, 0.4) is 0 Å². The first kappa shape index (κ1) is 13.0. The molecule has 0 saturated carbocycles. The van der Waals surface area contributed by atoms with Crippen LogP contribution in [0.15, 0.2) is 24.3 Å². The number of alkyl halides is 3. The highest BCUT2D eigenvalue weighted by Gasteiger charge is 2.33. The van der Waals surface area contributed by atoms with Crippen LogP contribution < -0.4 is 0 Å². The van der Waals surface area contributed by atoms with E-state index in [1.807, 2.05) is 6.92 Å². The highest BCUT2D eigenvalue weighted by Crippen LogP contribution is 2.36. The number of nitrogens with zero attached hydrogens (tertiary/aromatic N) is 1. The summed E-state index contributed by atoms with van der Waals surface area (Å²) in [6.45, 7) is 2.39. The van der Waals surface area contributed by atoms with Crippen molar-refractivity contribution in [3.63, 3.8) is 0 Å². The summed E-state index contributed by atoms with van der Waals surface area (Å²) in [5.41, 5.74) is 0.675. The summed E-state index contributed by atoms with van der Waals surface area (Å²) in [7, 11) is 0. The number of benzene rings is 1. The van der Waals surface area contributed by atoms with Crippen molar-refractivity contribution in [1.29, 1.82) is 0 Å². The van der Waals surface area contributed by atoms with Crippen LogP contribution in [0, 0.1) is 0 Å². The molecule has 1 aromatic carbocycles. The van der Waals surface area contributed by atoms with E-state index < -0.39 is 11.7 Å². The SMILES string of the molecule is CCn1c(CCO)cc2c(C(F)(F)F)cccc21. The second kappa shape index (κ2) is 4.65. The number of aliphatic hydroxyl groups is 1. The molecule has 0 spiro atoms. The zero-order valence-electron chi connectivity index (χ0n) is 9.96. The van der Waals surface area contributed by atoms with Crippen molar-refractivity contribution in [2.75, 3.05) is 6.61 Å². The van der Waals surface area contributed by atoms with Gasteiger partial charge in [-0.3, -0.25) is 0 Å². The largest absolute Gasteiger partial charge is 0.417 e. The van der Waals surface area contributed by atoms with Crippen molar-refractivity contribution in [2.45, 2.75) is 26.1 Å². The lowest BCUT2D eigenvalue weighted by Gasteiger charge is -2.09. The number of aromatic nitrogens is 1. The molecule has 1 N–H and O–H groups in total. The standard InChI is InChI=1S/C13H14F3NO/c1-2-17-9(6-7-18)8-10-11(13(14,15)16)4-3-5-12(10)17/h3-5,8,18H,2,6-7H2,1H3. The van der Waals surface area contributed by atoms with Gasteiger partial charge in [-0.2, -0.15) is 13.2 Å². The molecule has 2 aromatic rings. The molecule has 1 aromatic heterocycles. The second-order valence-corrected chi connectivity index (χ2v) is 4.09. The van der Waals surface area contributed by atoms with Crippen LogP contribution in [0.4, 0.5) is 13.2 Å². The fourth-order valence-electron chi connectivity index (χ4n) is 2.28. The number of aliphatic hydroxyl groups excluding tert-OH is 1. The fraction of sp³-hybridized carbons (Fsp3) is 0.385. The van der Waals surface area contributed by atoms with Gasteiger partial charge in [-0.1, -0.05) is 6.07 Å². The van der Waals surface area contributed by atoms with Crippen LogP contribution in [-0.4, -0.2) is 16.3 Å². The first-order valence-corrected chi connectivity index (χ1v) is 5.78. The van der Waals surface area contributed by atoms with Crippen LogP contribution >= 0.6 is 0 Å². The molecule has 5 heteroatoms. The van der Waals surface area contributed by atoms with Crippen molar-refractivity contribution in [3.8, 4) is 0 Å². The highest BCUT2D eigenvalue weighted by atomic mass is 19.4. The maximum Gasteiger partial charge on any atom is 0.417 e. The molecule has 0 atom stereocenters. The topological polar surface area (TPSA) is 25.2 Å². The fourth-order valence-corrected chi connectivity index (χ4v) is 2.28. The van der Waals surface area contributed by atoms with Crippen molar-refractivity contribution >= 4 is 10.9 Å². The van der Waals surface area contributed by atoms with E-state index in [-0.39, 0.29) is 12.0 Å². The Morgan fingerprint density at radius 3 is 2.56 bits per heavy atom. The third kappa shape index (κ3) is 2.10. The van der Waals surface area contributed by atoms with E-state index in [4.69, 9.17) is 5.11 Å². The van der Waals surface area contributed by atoms with E-state index >= 15 is 0 Å². The zero-order valence-corrected chi connectivity index (χ0v) is 9.96. The zero-order chi connectivity index (χ0) is 13.3. The molecule has 0 aliphatic carbocycles. The van der Waals surface area contributed by atoms with E-state index in [1.165, 1.54) is 12.1 Å². The maximum absolute atomic E-state index is 12.9. The first-order chi connectivity index (χ1) is 8.49. The summed E-state index contributed by atoms with van der Waals surface area (Å²) in [5, 5.41) is 9.16. The molecule has 2 nitrogen and oxygen atoms in total. The monoisotopic (exact) mass is 257 g/mol. The molecule has 1 heterocycles. The van der Waals surface area contributed by atoms with E-state index in [2.05, 4.69) is 0 Å². The normalized spacial score (nSPS) is 12.3. The van der Waals surface area contributed by atoms with E-state index in [1.54, 1.807) is 10.6 Å². The lowest BCUT2D eigenvalue weighted by molar-refractivity contribution is -0.136. The van der Waals surface area contributed by atoms with Gasteiger partial charge in [-0.05, 0) is 25.1 Å².